The lowest BCUT2D eigenvalue weighted by Gasteiger charge is -2.33. The van der Waals surface area contributed by atoms with E-state index in [4.69, 9.17) is 9.26 Å². The summed E-state index contributed by atoms with van der Waals surface area (Å²) in [4.78, 5) is 6.69. The molecule has 0 unspecified atom stereocenters. The van der Waals surface area contributed by atoms with Crippen molar-refractivity contribution in [1.29, 1.82) is 0 Å². The minimum atomic E-state index is 0.180. The molecule has 2 rings (SSSR count). The van der Waals surface area contributed by atoms with Crippen LogP contribution in [0.4, 0.5) is 0 Å². The Hall–Kier alpha value is -0.940. The summed E-state index contributed by atoms with van der Waals surface area (Å²) >= 11 is 0. The summed E-state index contributed by atoms with van der Waals surface area (Å²) in [5.74, 6) is 1.49. The SMILES string of the molecule is CCc1noc([C@H](C)N2CCO[C@@H](C)C2)n1. The fraction of sp³-hybridized carbons (Fsp3) is 0.818. The highest BCUT2D eigenvalue weighted by Gasteiger charge is 2.25. The third kappa shape index (κ3) is 2.41. The van der Waals surface area contributed by atoms with Crippen molar-refractivity contribution in [2.75, 3.05) is 19.7 Å². The van der Waals surface area contributed by atoms with Gasteiger partial charge in [-0.15, -0.1) is 0 Å². The molecule has 0 radical (unpaired) electrons. The van der Waals surface area contributed by atoms with Crippen LogP contribution < -0.4 is 0 Å². The topological polar surface area (TPSA) is 51.4 Å². The Bertz CT molecular complexity index is 340. The minimum Gasteiger partial charge on any atom is -0.376 e. The Morgan fingerprint density at radius 2 is 2.38 bits per heavy atom. The molecule has 1 aromatic rings. The van der Waals surface area contributed by atoms with Crippen molar-refractivity contribution in [3.8, 4) is 0 Å². The molecule has 0 bridgehead atoms. The first-order valence-electron chi connectivity index (χ1n) is 5.88. The second-order valence-corrected chi connectivity index (χ2v) is 4.25. The molecule has 0 saturated carbocycles. The third-order valence-electron chi connectivity index (χ3n) is 2.98. The van der Waals surface area contributed by atoms with E-state index < -0.39 is 0 Å². The second kappa shape index (κ2) is 4.93. The van der Waals surface area contributed by atoms with Gasteiger partial charge in [0.15, 0.2) is 5.82 Å². The number of hydrogen-bond acceptors (Lipinski definition) is 5. The highest BCUT2D eigenvalue weighted by molar-refractivity contribution is 4.92. The molecule has 5 heteroatoms. The van der Waals surface area contributed by atoms with Crippen molar-refractivity contribution in [2.45, 2.75) is 39.3 Å². The molecule has 1 aliphatic heterocycles. The maximum Gasteiger partial charge on any atom is 0.243 e. The summed E-state index contributed by atoms with van der Waals surface area (Å²) < 4.78 is 10.8. The largest absolute Gasteiger partial charge is 0.376 e. The van der Waals surface area contributed by atoms with Crippen LogP contribution in [-0.4, -0.2) is 40.8 Å². The summed E-state index contributed by atoms with van der Waals surface area (Å²) in [5.41, 5.74) is 0. The van der Waals surface area contributed by atoms with Gasteiger partial charge in [-0.2, -0.15) is 4.98 Å². The number of hydrogen-bond donors (Lipinski definition) is 0. The van der Waals surface area contributed by atoms with Gasteiger partial charge in [0.25, 0.3) is 0 Å². The zero-order chi connectivity index (χ0) is 11.5. The normalized spacial score (nSPS) is 24.6. The molecule has 1 aromatic heterocycles. The summed E-state index contributed by atoms with van der Waals surface area (Å²) in [6.45, 7) is 8.84. The van der Waals surface area contributed by atoms with Crippen LogP contribution in [0.5, 0.6) is 0 Å². The lowest BCUT2D eigenvalue weighted by atomic mass is 10.2. The van der Waals surface area contributed by atoms with E-state index in [1.54, 1.807) is 0 Å². The van der Waals surface area contributed by atoms with Crippen LogP contribution in [0.15, 0.2) is 4.52 Å². The molecule has 1 fully saturated rings. The van der Waals surface area contributed by atoms with E-state index >= 15 is 0 Å². The molecule has 0 amide bonds. The maximum absolute atomic E-state index is 5.51. The molecular formula is C11H19N3O2. The Morgan fingerprint density at radius 3 is 3.00 bits per heavy atom. The van der Waals surface area contributed by atoms with Crippen LogP contribution in [0.2, 0.25) is 0 Å². The quantitative estimate of drug-likeness (QED) is 0.778. The standard InChI is InChI=1S/C11H19N3O2/c1-4-10-12-11(16-13-10)9(3)14-5-6-15-8(2)7-14/h8-9H,4-7H2,1-3H3/t8-,9-/m0/s1. The molecule has 0 aromatic carbocycles. The fourth-order valence-corrected chi connectivity index (χ4v) is 1.93. The Morgan fingerprint density at radius 1 is 1.56 bits per heavy atom. The van der Waals surface area contributed by atoms with E-state index in [0.29, 0.717) is 5.89 Å². The highest BCUT2D eigenvalue weighted by Crippen LogP contribution is 2.21. The molecular weight excluding hydrogens is 206 g/mol. The van der Waals surface area contributed by atoms with Gasteiger partial charge in [-0.05, 0) is 13.8 Å². The van der Waals surface area contributed by atoms with Crippen LogP contribution in [-0.2, 0) is 11.2 Å². The van der Waals surface area contributed by atoms with Gasteiger partial charge >= 0.3 is 0 Å². The molecule has 1 saturated heterocycles. The first kappa shape index (κ1) is 11.5. The first-order chi connectivity index (χ1) is 7.70. The first-order valence-corrected chi connectivity index (χ1v) is 5.88. The van der Waals surface area contributed by atoms with Gasteiger partial charge < -0.3 is 9.26 Å². The molecule has 0 spiro atoms. The molecule has 2 atom stereocenters. The van der Waals surface area contributed by atoms with Crippen LogP contribution in [0.25, 0.3) is 0 Å². The van der Waals surface area contributed by atoms with E-state index in [0.717, 1.165) is 31.9 Å². The molecule has 0 aliphatic carbocycles. The Labute approximate surface area is 95.8 Å². The summed E-state index contributed by atoms with van der Waals surface area (Å²) in [6.07, 6.45) is 1.10. The van der Waals surface area contributed by atoms with Gasteiger partial charge in [0.2, 0.25) is 5.89 Å². The maximum atomic E-state index is 5.51. The highest BCUT2D eigenvalue weighted by atomic mass is 16.5. The number of aryl methyl sites for hydroxylation is 1. The molecule has 0 N–H and O–H groups in total. The van der Waals surface area contributed by atoms with Crippen LogP contribution >= 0.6 is 0 Å². The van der Waals surface area contributed by atoms with Gasteiger partial charge in [0, 0.05) is 19.5 Å². The monoisotopic (exact) mass is 225 g/mol. The zero-order valence-corrected chi connectivity index (χ0v) is 10.1. The predicted molar refractivity (Wildman–Crippen MR) is 59.1 cm³/mol. The van der Waals surface area contributed by atoms with Crippen molar-refractivity contribution < 1.29 is 9.26 Å². The van der Waals surface area contributed by atoms with Crippen molar-refractivity contribution >= 4 is 0 Å². The van der Waals surface area contributed by atoms with Crippen molar-refractivity contribution in [3.63, 3.8) is 0 Å². The molecule has 90 valence electrons. The number of aromatic nitrogens is 2. The van der Waals surface area contributed by atoms with E-state index in [9.17, 15) is 0 Å². The molecule has 5 nitrogen and oxygen atoms in total. The van der Waals surface area contributed by atoms with Crippen LogP contribution in [0.3, 0.4) is 0 Å². The lowest BCUT2D eigenvalue weighted by Crippen LogP contribution is -2.42. The summed E-state index contributed by atoms with van der Waals surface area (Å²) in [5, 5.41) is 3.93. The van der Waals surface area contributed by atoms with Gasteiger partial charge in [0.05, 0.1) is 18.8 Å². The number of ether oxygens (including phenoxy) is 1. The predicted octanol–water partition coefficient (Wildman–Crippen LogP) is 1.41. The van der Waals surface area contributed by atoms with Crippen molar-refractivity contribution in [3.05, 3.63) is 11.7 Å². The average Bonchev–Trinajstić information content (AvgIpc) is 2.76. The third-order valence-corrected chi connectivity index (χ3v) is 2.98. The molecule has 2 heterocycles. The van der Waals surface area contributed by atoms with Gasteiger partial charge in [-0.1, -0.05) is 12.1 Å². The fourth-order valence-electron chi connectivity index (χ4n) is 1.93. The van der Waals surface area contributed by atoms with Crippen LogP contribution in [0, 0.1) is 0 Å². The van der Waals surface area contributed by atoms with Gasteiger partial charge in [-0.3, -0.25) is 4.90 Å². The zero-order valence-electron chi connectivity index (χ0n) is 10.1. The van der Waals surface area contributed by atoms with Gasteiger partial charge in [-0.25, -0.2) is 0 Å². The average molecular weight is 225 g/mol. The minimum absolute atomic E-state index is 0.180. The van der Waals surface area contributed by atoms with E-state index in [1.165, 1.54) is 0 Å². The second-order valence-electron chi connectivity index (χ2n) is 4.25. The molecule has 1 aliphatic rings. The van der Waals surface area contributed by atoms with E-state index in [-0.39, 0.29) is 12.1 Å². The molecule has 16 heavy (non-hydrogen) atoms. The number of rotatable bonds is 3. The summed E-state index contributed by atoms with van der Waals surface area (Å²) in [6, 6.07) is 0.180. The number of nitrogens with zero attached hydrogens (tertiary/aromatic N) is 3. The van der Waals surface area contributed by atoms with Crippen LogP contribution in [0.1, 0.15) is 38.5 Å². The van der Waals surface area contributed by atoms with Crippen molar-refractivity contribution in [2.24, 2.45) is 0 Å². The van der Waals surface area contributed by atoms with Gasteiger partial charge in [0.1, 0.15) is 0 Å². The van der Waals surface area contributed by atoms with E-state index in [2.05, 4.69) is 28.9 Å². The number of morpholine rings is 1. The Kier molecular flexibility index (Phi) is 3.56. The Balaban J connectivity index is 2.02. The summed E-state index contributed by atoms with van der Waals surface area (Å²) in [7, 11) is 0. The van der Waals surface area contributed by atoms with E-state index in [1.807, 2.05) is 6.92 Å². The smallest absolute Gasteiger partial charge is 0.243 e. The lowest BCUT2D eigenvalue weighted by molar-refractivity contribution is -0.0361. The van der Waals surface area contributed by atoms with Crippen molar-refractivity contribution in [1.82, 2.24) is 15.0 Å².